The second-order valence-electron chi connectivity index (χ2n) is 45.1. The van der Waals surface area contributed by atoms with Crippen LogP contribution in [-0.2, 0) is 95.4 Å². The first-order valence-corrected chi connectivity index (χ1v) is 45.5. The molecule has 24 bridgehead atoms. The number of Topliss-reactive ketones (excluding diaryl/α,β-unsaturated/α-hetero) is 2. The van der Waals surface area contributed by atoms with Gasteiger partial charge >= 0.3 is 53.7 Å². The van der Waals surface area contributed by atoms with E-state index in [0.717, 1.165) is 51.4 Å². The number of halogens is 6. The Kier molecular flexibility index (Phi) is 22.8. The van der Waals surface area contributed by atoms with Crippen LogP contribution in [0.3, 0.4) is 0 Å². The molecule has 122 heavy (non-hydrogen) atoms. The van der Waals surface area contributed by atoms with Gasteiger partial charge in [-0.15, -0.1) is 0 Å². The van der Waals surface area contributed by atoms with Gasteiger partial charge in [-0.25, -0.2) is 26.3 Å². The van der Waals surface area contributed by atoms with Crippen molar-refractivity contribution in [3.8, 4) is 0 Å². The summed E-state index contributed by atoms with van der Waals surface area (Å²) in [5.41, 5.74) is -13.4. The molecule has 24 saturated carbocycles. The molecule has 12 atom stereocenters. The highest BCUT2D eigenvalue weighted by atomic mass is 19.3. The molecule has 0 radical (unpaired) electrons. The van der Waals surface area contributed by atoms with Crippen molar-refractivity contribution in [1.29, 1.82) is 0 Å². The molecule has 24 aliphatic rings. The van der Waals surface area contributed by atoms with Crippen molar-refractivity contribution in [2.75, 3.05) is 59.5 Å². The van der Waals surface area contributed by atoms with Gasteiger partial charge in [-0.2, -0.15) is 0 Å². The summed E-state index contributed by atoms with van der Waals surface area (Å²) in [6.07, 6.45) is 21.9. The summed E-state index contributed by atoms with van der Waals surface area (Å²) in [5.74, 6) is -13.3. The van der Waals surface area contributed by atoms with Gasteiger partial charge < -0.3 is 63.1 Å². The van der Waals surface area contributed by atoms with Crippen LogP contribution >= 0.6 is 0 Å². The summed E-state index contributed by atoms with van der Waals surface area (Å²) in [6, 6.07) is 0. The van der Waals surface area contributed by atoms with Gasteiger partial charge in [-0.05, 0) is 297 Å². The largest absolute Gasteiger partial charge is 0.464 e. The number of carbonyl (C=O) groups excluding carboxylic acids is 11. The molecule has 0 spiro atoms. The standard InChI is InChI=1S/C31H44F2O8.C31H40F2O8.C30H42F2O8/c1-3-27(23(34)39-16-26(2,32)33,17-40-24(35)28-6-19-4-20(7-28)11-30(37,10-19)14-28)18-41-25(36)29-8-21-5-22(9-29)13-31(38,12-21)15-29;1-3-29(25(36)39-14-28(2,32)33,15-40-26(37)30-8-17-4-19(10-30)23(34)20(5-17)11-30)16-41-27(38)31-9-18-6-21(12-31)24(35)22(7-18)13-31;1-25(22(33)40-17-26(2,31)32,15-38-23(34)27-5-18-3-19(6-27)10-29(36,9-18)13-27)16-39-24(35)28-7-20-4-21(8-28)12-30(37,11-20)14-28/h19-22,37-38H,3-18H2,1-2H3;17-22H,3-16H2,1-2H3;18-21,36-37H,3-17H2,1-2H3. The third kappa shape index (κ3) is 17.3. The Bertz CT molecular complexity index is 3860. The summed E-state index contributed by atoms with van der Waals surface area (Å²) in [7, 11) is 0. The minimum absolute atomic E-state index is 0.0282. The van der Waals surface area contributed by atoms with Crippen LogP contribution in [0.15, 0.2) is 0 Å². The Balaban J connectivity index is 0.000000136. The maximum absolute atomic E-state index is 13.6. The summed E-state index contributed by atoms with van der Waals surface area (Å²) in [5, 5.41) is 44.2. The third-order valence-electron chi connectivity index (χ3n) is 33.8. The SMILES string of the molecule is CC(F)(F)COC(=O)C(C)(COC(=O)C12CC3CC(CC(O)(C3)C1)C2)COC(=O)C12CC3CC(CC(O)(C3)C1)C2.CCC(COC(=O)C12CC3CC(C1)C(=O)C(C3)C2)(COC(=O)C12CC3CC(C1)C(=O)C(C3)C2)C(=O)OCC(C)(F)F.CCC(COC(=O)C12CC3CC(CC(O)(C3)C1)C2)(COC(=O)C12CC3CC(CC(O)(C3)C1)C2)C(=O)OCC(C)(F)F. The van der Waals surface area contributed by atoms with Gasteiger partial charge in [0, 0.05) is 44.4 Å². The van der Waals surface area contributed by atoms with Gasteiger partial charge in [-0.1, -0.05) is 13.8 Å². The van der Waals surface area contributed by atoms with E-state index in [-0.39, 0.29) is 95.4 Å². The molecule has 0 aliphatic heterocycles. The number of alkyl halides is 6. The molecule has 680 valence electrons. The second kappa shape index (κ2) is 31.2. The average molecular weight is 1730 g/mol. The first-order chi connectivity index (χ1) is 56.9. The first kappa shape index (κ1) is 89.4. The Labute approximate surface area is 708 Å². The van der Waals surface area contributed by atoms with Crippen LogP contribution < -0.4 is 0 Å². The molecule has 12 unspecified atom stereocenters. The van der Waals surface area contributed by atoms with Gasteiger partial charge in [-0.3, -0.25) is 52.7 Å². The Morgan fingerprint density at radius 3 is 0.697 bits per heavy atom. The number of hydrogen-bond donors (Lipinski definition) is 4. The van der Waals surface area contributed by atoms with Crippen molar-refractivity contribution in [3.05, 3.63) is 0 Å². The van der Waals surface area contributed by atoms with Gasteiger partial charge in [0.05, 0.1) is 54.9 Å². The fraction of sp³-hybridized carbons (Fsp3) is 0.880. The molecule has 4 N–H and O–H groups in total. The van der Waals surface area contributed by atoms with Gasteiger partial charge in [0.15, 0.2) is 19.8 Å². The zero-order valence-electron chi connectivity index (χ0n) is 71.6. The molecule has 24 fully saturated rings. The lowest BCUT2D eigenvalue weighted by Gasteiger charge is -2.59. The number of esters is 9. The minimum atomic E-state index is -3.26. The molecule has 24 rings (SSSR count). The van der Waals surface area contributed by atoms with Crippen LogP contribution in [0, 0.1) is 132 Å². The predicted molar refractivity (Wildman–Crippen MR) is 414 cm³/mol. The van der Waals surface area contributed by atoms with Crippen molar-refractivity contribution in [3.63, 3.8) is 0 Å². The summed E-state index contributed by atoms with van der Waals surface area (Å²) in [6.45, 7) is 0.269. The van der Waals surface area contributed by atoms with Crippen LogP contribution in [0.1, 0.15) is 273 Å². The molecule has 0 saturated heterocycles. The monoisotopic (exact) mass is 1730 g/mol. The van der Waals surface area contributed by atoms with Gasteiger partial charge in [0.25, 0.3) is 17.8 Å². The molecule has 0 aromatic rings. The summed E-state index contributed by atoms with van der Waals surface area (Å²) < 4.78 is 131. The van der Waals surface area contributed by atoms with Crippen LogP contribution in [0.25, 0.3) is 0 Å². The number of aliphatic hydroxyl groups is 4. The molecule has 24 aliphatic carbocycles. The lowest BCUT2D eigenvalue weighted by atomic mass is 9.48. The Hall–Kier alpha value is -6.01. The Morgan fingerprint density at radius 1 is 0.279 bits per heavy atom. The number of hydrogen-bond acceptors (Lipinski definition) is 24. The number of carbonyl (C=O) groups is 11. The van der Waals surface area contributed by atoms with E-state index in [1.54, 1.807) is 13.8 Å². The van der Waals surface area contributed by atoms with Gasteiger partial charge in [0.1, 0.15) is 67.5 Å². The van der Waals surface area contributed by atoms with E-state index in [4.69, 9.17) is 42.6 Å². The maximum atomic E-state index is 13.6. The van der Waals surface area contributed by atoms with Crippen LogP contribution in [0.2, 0.25) is 0 Å². The Morgan fingerprint density at radius 2 is 0.484 bits per heavy atom. The molecule has 0 aromatic heterocycles. The maximum Gasteiger partial charge on any atom is 0.319 e. The van der Waals surface area contributed by atoms with Crippen molar-refractivity contribution in [2.24, 2.45) is 132 Å². The van der Waals surface area contributed by atoms with E-state index in [9.17, 15) is 99.5 Å². The van der Waals surface area contributed by atoms with E-state index in [1.807, 2.05) is 0 Å². The lowest BCUT2D eigenvalue weighted by Crippen LogP contribution is -2.59. The molecule has 0 aromatic carbocycles. The topological polar surface area (TPSA) is 352 Å². The second-order valence-corrected chi connectivity index (χ2v) is 45.1. The molecule has 0 amide bonds. The van der Waals surface area contributed by atoms with Crippen LogP contribution in [-0.4, -0.2) is 185 Å². The van der Waals surface area contributed by atoms with E-state index < -0.39 is 202 Å². The molecule has 24 nitrogen and oxygen atoms in total. The highest BCUT2D eigenvalue weighted by molar-refractivity contribution is 5.91. The van der Waals surface area contributed by atoms with Crippen LogP contribution in [0.5, 0.6) is 0 Å². The lowest BCUT2D eigenvalue weighted by molar-refractivity contribution is -0.207. The average Bonchev–Trinajstić information content (AvgIpc) is 0.724. The zero-order chi connectivity index (χ0) is 87.6. The number of rotatable bonds is 29. The highest BCUT2D eigenvalue weighted by Gasteiger charge is 2.68. The minimum Gasteiger partial charge on any atom is -0.464 e. The number of ether oxygens (including phenoxy) is 9. The van der Waals surface area contributed by atoms with Crippen molar-refractivity contribution >= 4 is 65.3 Å². The van der Waals surface area contributed by atoms with E-state index >= 15 is 0 Å². The summed E-state index contributed by atoms with van der Waals surface area (Å²) >= 11 is 0. The molecular formula is C92H126F6O24. The fourth-order valence-electron chi connectivity index (χ4n) is 30.2. The van der Waals surface area contributed by atoms with Crippen LogP contribution in [0.4, 0.5) is 26.3 Å². The number of ketones is 2. The van der Waals surface area contributed by atoms with E-state index in [1.165, 1.54) is 6.92 Å². The van der Waals surface area contributed by atoms with Crippen molar-refractivity contribution in [1.82, 2.24) is 0 Å². The molecular weight excluding hydrogens is 1600 g/mol. The van der Waals surface area contributed by atoms with E-state index in [0.29, 0.717) is 200 Å². The van der Waals surface area contributed by atoms with E-state index in [2.05, 4.69) is 0 Å². The first-order valence-electron chi connectivity index (χ1n) is 45.5. The van der Waals surface area contributed by atoms with Crippen molar-refractivity contribution in [2.45, 2.75) is 313 Å². The quantitative estimate of drug-likeness (QED) is 0.0307. The molecule has 0 heterocycles. The predicted octanol–water partition coefficient (Wildman–Crippen LogP) is 12.7. The smallest absolute Gasteiger partial charge is 0.319 e. The molecule has 30 heteroatoms. The fourth-order valence-corrected chi connectivity index (χ4v) is 30.2. The zero-order valence-corrected chi connectivity index (χ0v) is 71.6. The highest BCUT2D eigenvalue weighted by Crippen LogP contribution is 2.68. The summed E-state index contributed by atoms with van der Waals surface area (Å²) in [4.78, 5) is 146. The normalized spacial score (nSPS) is 42.5. The van der Waals surface area contributed by atoms with Gasteiger partial charge in [0.2, 0.25) is 0 Å². The van der Waals surface area contributed by atoms with Crippen molar-refractivity contribution < 1.29 is 142 Å². The third-order valence-corrected chi connectivity index (χ3v) is 33.8.